The maximum absolute atomic E-state index is 13.1. The summed E-state index contributed by atoms with van der Waals surface area (Å²) < 4.78 is 0. The van der Waals surface area contributed by atoms with E-state index in [1.165, 1.54) is 4.90 Å². The molecule has 1 aromatic carbocycles. The van der Waals surface area contributed by atoms with Crippen LogP contribution in [0, 0.1) is 0 Å². The highest BCUT2D eigenvalue weighted by atomic mass is 32.2. The maximum atomic E-state index is 13.1. The van der Waals surface area contributed by atoms with Crippen LogP contribution in [-0.2, 0) is 0 Å². The van der Waals surface area contributed by atoms with Crippen molar-refractivity contribution in [3.05, 3.63) is 48.2 Å². The Labute approximate surface area is 141 Å². The Morgan fingerprint density at radius 2 is 2.09 bits per heavy atom. The molecule has 0 bridgehead atoms. The third-order valence-electron chi connectivity index (χ3n) is 3.94. The number of aromatic nitrogens is 1. The van der Waals surface area contributed by atoms with Crippen LogP contribution < -0.4 is 9.80 Å². The Balaban J connectivity index is 1.97. The van der Waals surface area contributed by atoms with E-state index in [2.05, 4.69) is 18.0 Å². The fourth-order valence-corrected chi connectivity index (χ4v) is 3.76. The number of pyridine rings is 1. The molecule has 120 valence electrons. The zero-order valence-corrected chi connectivity index (χ0v) is 14.5. The van der Waals surface area contributed by atoms with Crippen LogP contribution >= 0.6 is 11.8 Å². The lowest BCUT2D eigenvalue weighted by molar-refractivity contribution is 0.0986. The van der Waals surface area contributed by atoms with E-state index in [-0.39, 0.29) is 5.91 Å². The van der Waals surface area contributed by atoms with Crippen LogP contribution in [0.15, 0.2) is 47.5 Å². The molecule has 3 rings (SSSR count). The molecule has 0 saturated carbocycles. The number of carbonyl (C=O) groups excluding carboxylic acids is 1. The zero-order chi connectivity index (χ0) is 16.4. The Kier molecular flexibility index (Phi) is 4.57. The van der Waals surface area contributed by atoms with Gasteiger partial charge >= 0.3 is 0 Å². The highest BCUT2D eigenvalue weighted by molar-refractivity contribution is 8.00. The number of rotatable bonds is 2. The van der Waals surface area contributed by atoms with E-state index < -0.39 is 0 Å². The van der Waals surface area contributed by atoms with Crippen molar-refractivity contribution in [3.63, 3.8) is 0 Å². The van der Waals surface area contributed by atoms with Gasteiger partial charge in [-0.15, -0.1) is 11.8 Å². The van der Waals surface area contributed by atoms with Crippen LogP contribution in [0.3, 0.4) is 0 Å². The van der Waals surface area contributed by atoms with E-state index in [4.69, 9.17) is 0 Å². The topological polar surface area (TPSA) is 36.4 Å². The number of para-hydroxylation sites is 1. The van der Waals surface area contributed by atoms with Gasteiger partial charge in [0.15, 0.2) is 0 Å². The predicted octanol–water partition coefficient (Wildman–Crippen LogP) is 3.68. The fourth-order valence-electron chi connectivity index (χ4n) is 2.65. The number of anilines is 2. The highest BCUT2D eigenvalue weighted by Gasteiger charge is 2.25. The van der Waals surface area contributed by atoms with Crippen LogP contribution in [-0.4, -0.2) is 36.8 Å². The second-order valence-corrected chi connectivity index (χ2v) is 7.42. The number of nitrogens with zero attached hydrogens (tertiary/aromatic N) is 3. The SMILES string of the molecule is C[C@H]1CCN(C(=O)c2ccnc(N(C)C)c2)c2ccccc2S1. The summed E-state index contributed by atoms with van der Waals surface area (Å²) >= 11 is 1.84. The smallest absolute Gasteiger partial charge is 0.258 e. The van der Waals surface area contributed by atoms with E-state index >= 15 is 0 Å². The fraction of sp³-hybridized carbons (Fsp3) is 0.333. The second-order valence-electron chi connectivity index (χ2n) is 5.94. The molecule has 0 aliphatic carbocycles. The third kappa shape index (κ3) is 3.34. The first-order chi connectivity index (χ1) is 11.1. The van der Waals surface area contributed by atoms with E-state index in [1.807, 2.05) is 59.9 Å². The molecule has 2 heterocycles. The minimum atomic E-state index is 0.0395. The number of benzene rings is 1. The molecule has 1 aliphatic heterocycles. The van der Waals surface area contributed by atoms with Gasteiger partial charge in [-0.2, -0.15) is 0 Å². The van der Waals surface area contributed by atoms with Crippen LogP contribution in [0.5, 0.6) is 0 Å². The molecule has 1 aromatic heterocycles. The summed E-state index contributed by atoms with van der Waals surface area (Å²) in [6.45, 7) is 2.95. The second kappa shape index (κ2) is 6.62. The predicted molar refractivity (Wildman–Crippen MR) is 96.6 cm³/mol. The molecule has 4 nitrogen and oxygen atoms in total. The molecule has 5 heteroatoms. The minimum absolute atomic E-state index is 0.0395. The Hall–Kier alpha value is -2.01. The van der Waals surface area contributed by atoms with Crippen molar-refractivity contribution in [1.29, 1.82) is 0 Å². The summed E-state index contributed by atoms with van der Waals surface area (Å²) in [6.07, 6.45) is 2.68. The van der Waals surface area contributed by atoms with Crippen molar-refractivity contribution in [3.8, 4) is 0 Å². The van der Waals surface area contributed by atoms with Crippen molar-refractivity contribution in [1.82, 2.24) is 4.98 Å². The summed E-state index contributed by atoms with van der Waals surface area (Å²) in [4.78, 5) is 22.3. The molecule has 1 aliphatic rings. The number of hydrogen-bond donors (Lipinski definition) is 0. The average Bonchev–Trinajstić information content (AvgIpc) is 2.72. The van der Waals surface area contributed by atoms with Crippen molar-refractivity contribution < 1.29 is 4.79 Å². The van der Waals surface area contributed by atoms with Gasteiger partial charge in [-0.3, -0.25) is 4.79 Å². The van der Waals surface area contributed by atoms with Crippen molar-refractivity contribution in [2.24, 2.45) is 0 Å². The number of hydrogen-bond acceptors (Lipinski definition) is 4. The Bertz CT molecular complexity index is 717. The molecule has 0 saturated heterocycles. The van der Waals surface area contributed by atoms with E-state index in [1.54, 1.807) is 12.3 Å². The minimum Gasteiger partial charge on any atom is -0.363 e. The first-order valence-corrected chi connectivity index (χ1v) is 8.65. The van der Waals surface area contributed by atoms with Gasteiger partial charge in [0, 0.05) is 42.5 Å². The summed E-state index contributed by atoms with van der Waals surface area (Å²) in [5, 5.41) is 0.503. The monoisotopic (exact) mass is 327 g/mol. The first-order valence-electron chi connectivity index (χ1n) is 7.77. The van der Waals surface area contributed by atoms with Gasteiger partial charge < -0.3 is 9.80 Å². The van der Waals surface area contributed by atoms with Gasteiger partial charge in [0.25, 0.3) is 5.91 Å². The number of fused-ring (bicyclic) bond motifs is 1. The lowest BCUT2D eigenvalue weighted by Crippen LogP contribution is -2.32. The average molecular weight is 327 g/mol. The van der Waals surface area contributed by atoms with Gasteiger partial charge in [-0.25, -0.2) is 4.98 Å². The van der Waals surface area contributed by atoms with Crippen molar-refractivity contribution in [2.75, 3.05) is 30.4 Å². The van der Waals surface area contributed by atoms with Crippen molar-refractivity contribution in [2.45, 2.75) is 23.5 Å². The van der Waals surface area contributed by atoms with Crippen LogP contribution in [0.25, 0.3) is 0 Å². The zero-order valence-electron chi connectivity index (χ0n) is 13.7. The first kappa shape index (κ1) is 15.9. The molecular weight excluding hydrogens is 306 g/mol. The van der Waals surface area contributed by atoms with Gasteiger partial charge in [0.05, 0.1) is 5.69 Å². The lowest BCUT2D eigenvalue weighted by Gasteiger charge is -2.23. The number of amides is 1. The van der Waals surface area contributed by atoms with Crippen LogP contribution in [0.4, 0.5) is 11.5 Å². The van der Waals surface area contributed by atoms with Crippen LogP contribution in [0.2, 0.25) is 0 Å². The summed E-state index contributed by atoms with van der Waals surface area (Å²) in [6, 6.07) is 11.8. The molecule has 0 spiro atoms. The van der Waals surface area contributed by atoms with Gasteiger partial charge in [-0.05, 0) is 30.7 Å². The van der Waals surface area contributed by atoms with E-state index in [9.17, 15) is 4.79 Å². The molecule has 0 unspecified atom stereocenters. The van der Waals surface area contributed by atoms with Gasteiger partial charge in [0.2, 0.25) is 0 Å². The Morgan fingerprint density at radius 3 is 2.87 bits per heavy atom. The number of carbonyl (C=O) groups is 1. The van der Waals surface area contributed by atoms with Gasteiger partial charge in [0.1, 0.15) is 5.82 Å². The molecular formula is C18H21N3OS. The molecule has 1 amide bonds. The standard InChI is InChI=1S/C18H21N3OS/c1-13-9-11-21(15-6-4-5-7-16(15)23-13)18(22)14-8-10-19-17(12-14)20(2)3/h4-8,10,12-13H,9,11H2,1-3H3/t13-/m0/s1. The Morgan fingerprint density at radius 1 is 1.30 bits per heavy atom. The molecule has 0 fully saturated rings. The third-order valence-corrected chi connectivity index (χ3v) is 5.18. The maximum Gasteiger partial charge on any atom is 0.258 e. The van der Waals surface area contributed by atoms with Crippen molar-refractivity contribution >= 4 is 29.2 Å². The largest absolute Gasteiger partial charge is 0.363 e. The van der Waals surface area contributed by atoms with Crippen LogP contribution in [0.1, 0.15) is 23.7 Å². The quantitative estimate of drug-likeness (QED) is 0.843. The summed E-state index contributed by atoms with van der Waals surface area (Å²) in [7, 11) is 3.85. The highest BCUT2D eigenvalue weighted by Crippen LogP contribution is 2.37. The van der Waals surface area contributed by atoms with Gasteiger partial charge in [-0.1, -0.05) is 19.1 Å². The molecule has 1 atom stereocenters. The number of thioether (sulfide) groups is 1. The van der Waals surface area contributed by atoms with E-state index in [0.717, 1.165) is 24.5 Å². The lowest BCUT2D eigenvalue weighted by atomic mass is 10.2. The van der Waals surface area contributed by atoms with E-state index in [0.29, 0.717) is 10.8 Å². The summed E-state index contributed by atoms with van der Waals surface area (Å²) in [5.74, 6) is 0.833. The molecule has 0 radical (unpaired) electrons. The molecule has 2 aromatic rings. The molecule has 0 N–H and O–H groups in total. The normalized spacial score (nSPS) is 17.3. The molecule has 23 heavy (non-hydrogen) atoms. The summed E-state index contributed by atoms with van der Waals surface area (Å²) in [5.41, 5.74) is 1.69.